The Morgan fingerprint density at radius 3 is 2.00 bits per heavy atom. The zero-order valence-electron chi connectivity index (χ0n) is 7.30. The van der Waals surface area contributed by atoms with Crippen LogP contribution in [0.4, 0.5) is 0 Å². The van der Waals surface area contributed by atoms with Crippen LogP contribution in [-0.2, 0) is 39.1 Å². The molecule has 59 valence electrons. The molecule has 0 N–H and O–H groups in total. The molecule has 0 spiro atoms. The van der Waals surface area contributed by atoms with E-state index in [1.54, 1.807) is 0 Å². The Morgan fingerprint density at radius 2 is 1.64 bits per heavy atom. The van der Waals surface area contributed by atoms with Gasteiger partial charge in [0, 0.05) is 32.7 Å². The molecule has 11 heavy (non-hydrogen) atoms. The molecule has 0 aromatic heterocycles. The van der Waals surface area contributed by atoms with Gasteiger partial charge >= 0.3 is 0 Å². The van der Waals surface area contributed by atoms with Crippen molar-refractivity contribution in [2.24, 2.45) is 0 Å². The molecule has 1 rings (SSSR count). The first-order valence-corrected chi connectivity index (χ1v) is 3.17. The monoisotopic (exact) mass is 223 g/mol. The van der Waals surface area contributed by atoms with Gasteiger partial charge in [0.05, 0.1) is 0 Å². The fourth-order valence-corrected chi connectivity index (χ4v) is 0.755. The Balaban J connectivity index is 0. The van der Waals surface area contributed by atoms with Gasteiger partial charge in [-0.05, 0) is 6.92 Å². The molecule has 0 bridgehead atoms. The van der Waals surface area contributed by atoms with Gasteiger partial charge in [0.2, 0.25) is 0 Å². The molecule has 0 aliphatic rings. The Labute approximate surface area is 95.3 Å². The molecule has 1 radical (unpaired) electrons. The number of hydrogen-bond acceptors (Lipinski definition) is 0. The van der Waals surface area contributed by atoms with Gasteiger partial charge in [-0.3, -0.25) is 0 Å². The molecule has 1 aromatic rings. The Morgan fingerprint density at radius 1 is 1.18 bits per heavy atom. The molecule has 0 atom stereocenters. The van der Waals surface area contributed by atoms with Crippen LogP contribution in [0, 0.1) is 21.3 Å². The summed E-state index contributed by atoms with van der Waals surface area (Å²) in [5.74, 6) is 0. The van der Waals surface area contributed by atoms with Gasteiger partial charge in [-0.25, -0.2) is 0 Å². The van der Waals surface area contributed by atoms with E-state index in [0.717, 1.165) is 6.42 Å². The predicted octanol–water partition coefficient (Wildman–Crippen LogP) is 2.82. The number of rotatable bonds is 1. The van der Waals surface area contributed by atoms with Gasteiger partial charge in [-0.15, -0.1) is 0 Å². The number of aryl methyl sites for hydroxylation is 1. The predicted molar refractivity (Wildman–Crippen MR) is 46.7 cm³/mol. The molecule has 0 nitrogen and oxygen atoms in total. The van der Waals surface area contributed by atoms with Gasteiger partial charge in [0.15, 0.2) is 0 Å². The van der Waals surface area contributed by atoms with Crippen LogP contribution >= 0.6 is 0 Å². The molecular weight excluding hydrogens is 209 g/mol. The first-order chi connectivity index (χ1) is 4.33. The van der Waals surface area contributed by atoms with Crippen LogP contribution in [0.2, 0.25) is 0 Å². The minimum Gasteiger partial charge on any atom is -0.358 e. The quantitative estimate of drug-likeness (QED) is 0.642. The first-order valence-electron chi connectivity index (χ1n) is 3.17. The van der Waals surface area contributed by atoms with Gasteiger partial charge in [0.25, 0.3) is 0 Å². The molecular formula is C10H14Y-2. The van der Waals surface area contributed by atoms with Crippen LogP contribution in [-0.4, -0.2) is 0 Å². The third-order valence-corrected chi connectivity index (χ3v) is 1.41. The van der Waals surface area contributed by atoms with E-state index in [0.29, 0.717) is 0 Å². The van der Waals surface area contributed by atoms with E-state index in [-0.39, 0.29) is 40.1 Å². The average molecular weight is 223 g/mol. The topological polar surface area (TPSA) is 0 Å². The van der Waals surface area contributed by atoms with Crippen molar-refractivity contribution in [3.05, 3.63) is 49.7 Å². The number of hydrogen-bond donors (Lipinski definition) is 0. The van der Waals surface area contributed by atoms with Gasteiger partial charge in [-0.2, -0.15) is 6.42 Å². The van der Waals surface area contributed by atoms with E-state index in [9.17, 15) is 0 Å². The summed E-state index contributed by atoms with van der Waals surface area (Å²) in [5, 5.41) is 0. The molecule has 0 saturated carbocycles. The SMILES string of the molecule is [CH2-]Cc1ccc(C)cc1.[CH3-].[Y]. The summed E-state index contributed by atoms with van der Waals surface area (Å²) in [7, 11) is 0. The van der Waals surface area contributed by atoms with Gasteiger partial charge in [-0.1, -0.05) is 35.4 Å². The van der Waals surface area contributed by atoms with Crippen molar-refractivity contribution < 1.29 is 32.7 Å². The molecule has 1 heteroatoms. The van der Waals surface area contributed by atoms with Crippen molar-refractivity contribution in [3.8, 4) is 0 Å². The minimum atomic E-state index is 0. The van der Waals surface area contributed by atoms with E-state index in [1.807, 2.05) is 0 Å². The van der Waals surface area contributed by atoms with Crippen LogP contribution in [0.25, 0.3) is 0 Å². The van der Waals surface area contributed by atoms with E-state index in [1.165, 1.54) is 11.1 Å². The molecule has 0 aliphatic carbocycles. The molecule has 1 aromatic carbocycles. The van der Waals surface area contributed by atoms with E-state index < -0.39 is 0 Å². The summed E-state index contributed by atoms with van der Waals surface area (Å²) in [4.78, 5) is 0. The van der Waals surface area contributed by atoms with Crippen molar-refractivity contribution in [2.75, 3.05) is 0 Å². The van der Waals surface area contributed by atoms with Gasteiger partial charge in [0.1, 0.15) is 0 Å². The van der Waals surface area contributed by atoms with E-state index >= 15 is 0 Å². The van der Waals surface area contributed by atoms with Crippen molar-refractivity contribution in [1.29, 1.82) is 0 Å². The van der Waals surface area contributed by atoms with Crippen molar-refractivity contribution in [3.63, 3.8) is 0 Å². The van der Waals surface area contributed by atoms with Crippen LogP contribution in [0.5, 0.6) is 0 Å². The summed E-state index contributed by atoms with van der Waals surface area (Å²) < 4.78 is 0. The second kappa shape index (κ2) is 7.00. The maximum absolute atomic E-state index is 3.79. The average Bonchev–Trinajstić information content (AvgIpc) is 1.90. The van der Waals surface area contributed by atoms with Crippen molar-refractivity contribution >= 4 is 0 Å². The zero-order chi connectivity index (χ0) is 6.69. The summed E-state index contributed by atoms with van der Waals surface area (Å²) in [5.41, 5.74) is 2.62. The summed E-state index contributed by atoms with van der Waals surface area (Å²) in [6.07, 6.45) is 0.889. The molecule has 0 aliphatic heterocycles. The van der Waals surface area contributed by atoms with Crippen LogP contribution in [0.3, 0.4) is 0 Å². The Bertz CT molecular complexity index is 177. The van der Waals surface area contributed by atoms with Crippen LogP contribution in [0.15, 0.2) is 24.3 Å². The normalized spacial score (nSPS) is 7.82. The second-order valence-electron chi connectivity index (χ2n) is 2.24. The molecule has 0 saturated heterocycles. The number of benzene rings is 1. The smallest absolute Gasteiger partial charge is 0 e. The van der Waals surface area contributed by atoms with E-state index in [2.05, 4.69) is 38.1 Å². The standard InChI is InChI=1S/C9H11.CH3.Y/c1-3-9-6-4-8(2)5-7-9;;/h4-7H,1,3H2,2H3;1H3;/q2*-1;. The molecule has 0 unspecified atom stereocenters. The maximum Gasteiger partial charge on any atom is 0 e. The third kappa shape index (κ3) is 4.71. The maximum atomic E-state index is 3.79. The zero-order valence-corrected chi connectivity index (χ0v) is 10.1. The second-order valence-corrected chi connectivity index (χ2v) is 2.24. The third-order valence-electron chi connectivity index (χ3n) is 1.41. The molecule has 0 amide bonds. The molecule has 0 heterocycles. The van der Waals surface area contributed by atoms with Crippen LogP contribution in [0.1, 0.15) is 11.1 Å². The minimum absolute atomic E-state index is 0. The summed E-state index contributed by atoms with van der Waals surface area (Å²) in [6, 6.07) is 8.45. The van der Waals surface area contributed by atoms with Crippen molar-refractivity contribution in [2.45, 2.75) is 13.3 Å². The summed E-state index contributed by atoms with van der Waals surface area (Å²) >= 11 is 0. The Kier molecular flexibility index (Phi) is 8.83. The Hall–Kier alpha value is 0.324. The van der Waals surface area contributed by atoms with Crippen molar-refractivity contribution in [1.82, 2.24) is 0 Å². The summed E-state index contributed by atoms with van der Waals surface area (Å²) in [6.45, 7) is 5.88. The van der Waals surface area contributed by atoms with Crippen LogP contribution < -0.4 is 0 Å². The fourth-order valence-electron chi connectivity index (χ4n) is 0.755. The van der Waals surface area contributed by atoms with E-state index in [4.69, 9.17) is 0 Å². The fraction of sp³-hybridized carbons (Fsp3) is 0.200. The molecule has 0 fully saturated rings. The van der Waals surface area contributed by atoms with Gasteiger partial charge < -0.3 is 14.4 Å². The largest absolute Gasteiger partial charge is 0.358 e. The first kappa shape index (κ1) is 13.9.